The van der Waals surface area contributed by atoms with Gasteiger partial charge in [0.1, 0.15) is 18.0 Å². The molecule has 2 aliphatic rings. The minimum absolute atomic E-state index is 0.0203. The Balaban J connectivity index is 1.89. The minimum atomic E-state index is -1.25. The van der Waals surface area contributed by atoms with Gasteiger partial charge >= 0.3 is 0 Å². The second kappa shape index (κ2) is 11.1. The van der Waals surface area contributed by atoms with E-state index in [1.54, 1.807) is 27.7 Å². The van der Waals surface area contributed by atoms with Crippen LogP contribution in [0.5, 0.6) is 0 Å². The van der Waals surface area contributed by atoms with Crippen LogP contribution in [0.15, 0.2) is 11.0 Å². The first-order valence-corrected chi connectivity index (χ1v) is 13.2. The molecular weight excluding hydrogens is 482 g/mol. The van der Waals surface area contributed by atoms with Gasteiger partial charge < -0.3 is 25.0 Å². The second-order valence-electron chi connectivity index (χ2n) is 10.7. The number of rotatable bonds is 2. The number of hydrogen-bond donors (Lipinski definition) is 3. The molecule has 3 N–H and O–H groups in total. The van der Waals surface area contributed by atoms with Crippen LogP contribution in [0.3, 0.4) is 0 Å². The predicted molar refractivity (Wildman–Crippen MR) is 135 cm³/mol. The highest BCUT2D eigenvalue weighted by atomic mass is 32.1. The van der Waals surface area contributed by atoms with E-state index in [1.165, 1.54) is 11.3 Å². The summed E-state index contributed by atoms with van der Waals surface area (Å²) in [4.78, 5) is 30.7. The molecule has 3 rings (SSSR count). The monoisotopic (exact) mass is 519 g/mol. The van der Waals surface area contributed by atoms with E-state index in [4.69, 9.17) is 9.47 Å². The van der Waals surface area contributed by atoms with Crippen molar-refractivity contribution in [2.24, 2.45) is 17.3 Å². The van der Waals surface area contributed by atoms with Gasteiger partial charge in [-0.25, -0.2) is 4.98 Å². The number of carbonyl (C=O) groups is 2. The Kier molecular flexibility index (Phi) is 8.74. The fraction of sp³-hybridized carbons (Fsp3) is 0.692. The number of ketones is 1. The molecule has 2 saturated heterocycles. The Morgan fingerprint density at radius 1 is 1.33 bits per heavy atom. The van der Waals surface area contributed by atoms with Crippen LogP contribution < -0.4 is 5.32 Å². The average Bonchev–Trinajstić information content (AvgIpc) is 3.35. The highest BCUT2D eigenvalue weighted by molar-refractivity contribution is 7.09. The van der Waals surface area contributed by atoms with Gasteiger partial charge in [0.25, 0.3) is 0 Å². The van der Waals surface area contributed by atoms with Crippen LogP contribution in [-0.4, -0.2) is 70.1 Å². The van der Waals surface area contributed by atoms with Gasteiger partial charge in [-0.15, -0.1) is 11.3 Å². The third-order valence-corrected chi connectivity index (χ3v) is 8.20. The van der Waals surface area contributed by atoms with Crippen LogP contribution in [0, 0.1) is 35.5 Å². The summed E-state index contributed by atoms with van der Waals surface area (Å²) < 4.78 is 11.5. The first-order valence-electron chi connectivity index (χ1n) is 12.3. The molecule has 1 amide bonds. The third kappa shape index (κ3) is 6.21. The van der Waals surface area contributed by atoms with Gasteiger partial charge in [0, 0.05) is 23.6 Å². The highest BCUT2D eigenvalue weighted by Crippen LogP contribution is 2.41. The van der Waals surface area contributed by atoms with E-state index in [9.17, 15) is 25.1 Å². The molecule has 0 spiro atoms. The number of aryl methyl sites for hydroxylation is 1. The van der Waals surface area contributed by atoms with Crippen LogP contribution in [0.2, 0.25) is 0 Å². The van der Waals surface area contributed by atoms with Gasteiger partial charge in [0.05, 0.1) is 54.0 Å². The quantitative estimate of drug-likeness (QED) is 0.505. The van der Waals surface area contributed by atoms with Gasteiger partial charge in [-0.2, -0.15) is 5.26 Å². The van der Waals surface area contributed by atoms with Crippen LogP contribution >= 0.6 is 11.3 Å². The molecule has 7 atom stereocenters. The molecule has 0 unspecified atom stereocenters. The van der Waals surface area contributed by atoms with E-state index in [0.29, 0.717) is 6.42 Å². The number of Topliss-reactive ketones (excluding diaryl/α,β-unsaturated/α-hetero) is 1. The van der Waals surface area contributed by atoms with Crippen LogP contribution in [0.1, 0.15) is 58.2 Å². The molecule has 0 aromatic carbocycles. The fourth-order valence-electron chi connectivity index (χ4n) is 4.65. The number of carbonyl (C=O) groups excluding carboxylic acids is 2. The van der Waals surface area contributed by atoms with Crippen molar-refractivity contribution < 1.29 is 29.3 Å². The maximum Gasteiger partial charge on any atom is 0.223 e. The van der Waals surface area contributed by atoms with Crippen LogP contribution in [-0.2, 0) is 19.1 Å². The van der Waals surface area contributed by atoms with E-state index < -0.39 is 47.2 Å². The number of nitrogens with one attached hydrogen (secondary N) is 1. The number of thiazole rings is 1. The summed E-state index contributed by atoms with van der Waals surface area (Å²) in [6.07, 6.45) is -0.778. The van der Waals surface area contributed by atoms with Crippen molar-refractivity contribution in [2.45, 2.75) is 84.3 Å². The lowest BCUT2D eigenvalue weighted by atomic mass is 9.73. The molecule has 9 nitrogen and oxygen atoms in total. The highest BCUT2D eigenvalue weighted by Gasteiger charge is 2.58. The lowest BCUT2D eigenvalue weighted by Gasteiger charge is -2.34. The van der Waals surface area contributed by atoms with E-state index in [-0.39, 0.29) is 31.3 Å². The van der Waals surface area contributed by atoms with Crippen molar-refractivity contribution in [1.82, 2.24) is 10.3 Å². The SMILES string of the molecule is CC(=Cc1csc(C)n1)[C@@H]1C[C@@H]2O[C@@]2(C#N)COC[C@H](C)[C@H](O)[C@@H](C)C(=O)C(C)(C)[C@@H](O)CC(=O)N1. The van der Waals surface area contributed by atoms with E-state index in [2.05, 4.69) is 16.4 Å². The first kappa shape index (κ1) is 28.4. The number of aromatic nitrogens is 1. The van der Waals surface area contributed by atoms with Gasteiger partial charge in [-0.05, 0) is 25.5 Å². The number of nitriles is 1. The molecule has 36 heavy (non-hydrogen) atoms. The van der Waals surface area contributed by atoms with Crippen molar-refractivity contribution in [3.8, 4) is 6.07 Å². The zero-order chi connectivity index (χ0) is 26.8. The number of hydrogen-bond acceptors (Lipinski definition) is 9. The van der Waals surface area contributed by atoms with Crippen molar-refractivity contribution in [3.05, 3.63) is 21.7 Å². The van der Waals surface area contributed by atoms with E-state index >= 15 is 0 Å². The van der Waals surface area contributed by atoms with E-state index in [0.717, 1.165) is 16.3 Å². The zero-order valence-electron chi connectivity index (χ0n) is 21.8. The lowest BCUT2D eigenvalue weighted by molar-refractivity contribution is -0.143. The molecule has 0 saturated carbocycles. The minimum Gasteiger partial charge on any atom is -0.392 e. The van der Waals surface area contributed by atoms with Gasteiger partial charge in [0.2, 0.25) is 11.5 Å². The van der Waals surface area contributed by atoms with Crippen molar-refractivity contribution in [3.63, 3.8) is 0 Å². The summed E-state index contributed by atoms with van der Waals surface area (Å²) >= 11 is 1.52. The summed E-state index contributed by atoms with van der Waals surface area (Å²) in [6, 6.07) is 1.72. The molecule has 1 aromatic rings. The van der Waals surface area contributed by atoms with Gasteiger partial charge in [0.15, 0.2) is 0 Å². The number of fused-ring (bicyclic) bond motifs is 1. The molecule has 0 aliphatic carbocycles. The topological polar surface area (TPSA) is 145 Å². The molecule has 0 bridgehead atoms. The number of epoxide rings is 1. The van der Waals surface area contributed by atoms with Crippen molar-refractivity contribution in [1.29, 1.82) is 5.26 Å². The summed E-state index contributed by atoms with van der Waals surface area (Å²) in [5, 5.41) is 37.2. The number of nitrogens with zero attached hydrogens (tertiary/aromatic N) is 2. The molecule has 198 valence electrons. The Hall–Kier alpha value is -2.16. The second-order valence-corrected chi connectivity index (χ2v) is 11.8. The Labute approximate surface area is 216 Å². The molecule has 1 aromatic heterocycles. The first-order chi connectivity index (χ1) is 16.8. The zero-order valence-corrected chi connectivity index (χ0v) is 22.6. The van der Waals surface area contributed by atoms with Crippen LogP contribution in [0.25, 0.3) is 6.08 Å². The predicted octanol–water partition coefficient (Wildman–Crippen LogP) is 2.40. The number of aliphatic hydroxyl groups is 2. The van der Waals surface area contributed by atoms with Gasteiger partial charge in [-0.3, -0.25) is 9.59 Å². The van der Waals surface area contributed by atoms with Gasteiger partial charge in [-0.1, -0.05) is 27.7 Å². The summed E-state index contributed by atoms with van der Waals surface area (Å²) in [6.45, 7) is 10.5. The molecular formula is C26H37N3O6S. The third-order valence-electron chi connectivity index (χ3n) is 7.40. The lowest BCUT2D eigenvalue weighted by Crippen LogP contribution is -2.48. The number of ether oxygens (including phenoxy) is 2. The molecule has 2 aliphatic heterocycles. The fourth-order valence-corrected chi connectivity index (χ4v) is 5.22. The Bertz CT molecular complexity index is 1050. The number of amides is 1. The molecule has 2 fully saturated rings. The smallest absolute Gasteiger partial charge is 0.223 e. The number of aliphatic hydroxyl groups excluding tert-OH is 2. The summed E-state index contributed by atoms with van der Waals surface area (Å²) in [5.41, 5.74) is -0.779. The van der Waals surface area contributed by atoms with E-state index in [1.807, 2.05) is 25.3 Å². The molecule has 0 radical (unpaired) electrons. The summed E-state index contributed by atoms with van der Waals surface area (Å²) in [7, 11) is 0. The largest absolute Gasteiger partial charge is 0.392 e. The molecule has 10 heteroatoms. The maximum atomic E-state index is 13.2. The summed E-state index contributed by atoms with van der Waals surface area (Å²) in [5.74, 6) is -1.93. The normalized spacial score (nSPS) is 36.5. The average molecular weight is 520 g/mol. The van der Waals surface area contributed by atoms with Crippen molar-refractivity contribution in [2.75, 3.05) is 13.2 Å². The standard InChI is InChI=1S/C26H37N3O6S/c1-14(7-18-11-36-17(4)28-18)19-8-21-26(12-27,35-21)13-34-10-15(2)23(32)16(3)24(33)25(5,6)20(30)9-22(31)29-19/h7,11,15-16,19-21,23,30,32H,8-10,13H2,1-6H3,(H,29,31)/t15-,16+,19-,20-,21-,23-,26-/m0/s1. The van der Waals surface area contributed by atoms with Crippen LogP contribution in [0.4, 0.5) is 0 Å². The van der Waals surface area contributed by atoms with Crippen molar-refractivity contribution >= 4 is 29.1 Å². The maximum absolute atomic E-state index is 13.2. The Morgan fingerprint density at radius 2 is 2.03 bits per heavy atom. The molecule has 3 heterocycles. The Morgan fingerprint density at radius 3 is 2.64 bits per heavy atom.